The number of esters is 1. The van der Waals surface area contributed by atoms with Gasteiger partial charge in [0.2, 0.25) is 0 Å². The molecule has 0 radical (unpaired) electrons. The highest BCUT2D eigenvalue weighted by molar-refractivity contribution is 5.91. The number of hydrogen-bond donors (Lipinski definition) is 0. The van der Waals surface area contributed by atoms with Gasteiger partial charge < -0.3 is 9.47 Å². The summed E-state index contributed by atoms with van der Waals surface area (Å²) >= 11 is 0. The van der Waals surface area contributed by atoms with E-state index in [1.165, 1.54) is 31.4 Å². The molecule has 0 aliphatic rings. The lowest BCUT2D eigenvalue weighted by Gasteiger charge is -2.36. The van der Waals surface area contributed by atoms with Crippen molar-refractivity contribution in [2.45, 2.75) is 26.8 Å². The summed E-state index contributed by atoms with van der Waals surface area (Å²) in [6.45, 7) is 5.35. The van der Waals surface area contributed by atoms with Gasteiger partial charge in [-0.15, -0.1) is 0 Å². The summed E-state index contributed by atoms with van der Waals surface area (Å²) in [7, 11) is 1.24. The molecule has 8 heteroatoms. The summed E-state index contributed by atoms with van der Waals surface area (Å²) in [5.41, 5.74) is 0.326. The lowest BCUT2D eigenvalue weighted by molar-refractivity contribution is -0.384. The Labute approximate surface area is 134 Å². The Hall–Kier alpha value is -2.48. The van der Waals surface area contributed by atoms with Crippen LogP contribution < -0.4 is 4.48 Å². The van der Waals surface area contributed by atoms with E-state index in [-0.39, 0.29) is 18.8 Å². The smallest absolute Gasteiger partial charge is 0.465 e. The Kier molecular flexibility index (Phi) is 6.20. The minimum Gasteiger partial charge on any atom is -0.465 e. The standard InChI is InChI=1S/C15H21N2O6/c1-5-17(15(19)23-6-2,11(3)14(18)22-4)13-9-7-12(8-10-13)16(20)21/h7-11H,5-6H2,1-4H3/q+1. The molecule has 0 aliphatic heterocycles. The number of likely N-dealkylation sites (N-methyl/N-ethyl adjacent to an activating group) is 1. The van der Waals surface area contributed by atoms with E-state index in [4.69, 9.17) is 9.47 Å². The van der Waals surface area contributed by atoms with Crippen molar-refractivity contribution in [2.24, 2.45) is 0 Å². The van der Waals surface area contributed by atoms with Crippen molar-refractivity contribution >= 4 is 23.4 Å². The van der Waals surface area contributed by atoms with Crippen LogP contribution >= 0.6 is 0 Å². The normalized spacial score (nSPS) is 14.4. The first-order valence-corrected chi connectivity index (χ1v) is 7.23. The average molecular weight is 325 g/mol. The predicted molar refractivity (Wildman–Crippen MR) is 83.9 cm³/mol. The molecule has 0 saturated heterocycles. The SMILES string of the molecule is CCOC(=O)[N+](CC)(c1ccc([N+](=O)[O-])cc1)C(C)C(=O)OC. The molecule has 2 atom stereocenters. The second kappa shape index (κ2) is 7.68. The van der Waals surface area contributed by atoms with Gasteiger partial charge in [-0.05, 0) is 13.8 Å². The minimum absolute atomic E-state index is 0.0995. The molecule has 126 valence electrons. The fourth-order valence-corrected chi connectivity index (χ4v) is 2.50. The van der Waals surface area contributed by atoms with Gasteiger partial charge in [0.1, 0.15) is 5.69 Å². The Morgan fingerprint density at radius 2 is 1.83 bits per heavy atom. The van der Waals surface area contributed by atoms with E-state index >= 15 is 0 Å². The quantitative estimate of drug-likeness (QED) is 0.345. The molecule has 0 bridgehead atoms. The molecule has 0 heterocycles. The number of nitro groups is 1. The largest absolute Gasteiger partial charge is 0.521 e. The van der Waals surface area contributed by atoms with Gasteiger partial charge in [0.15, 0.2) is 6.04 Å². The monoisotopic (exact) mass is 325 g/mol. The van der Waals surface area contributed by atoms with E-state index in [0.29, 0.717) is 5.69 Å². The number of quaternary nitrogens is 1. The molecule has 0 saturated carbocycles. The number of carbonyl (C=O) groups excluding carboxylic acids is 2. The predicted octanol–water partition coefficient (Wildman–Crippen LogP) is 2.64. The first-order chi connectivity index (χ1) is 10.8. The zero-order valence-corrected chi connectivity index (χ0v) is 13.6. The van der Waals surface area contributed by atoms with Crippen molar-refractivity contribution in [3.63, 3.8) is 0 Å². The van der Waals surface area contributed by atoms with Crippen LogP contribution in [-0.2, 0) is 14.3 Å². The molecule has 1 aromatic rings. The van der Waals surface area contributed by atoms with Crippen molar-refractivity contribution < 1.29 is 24.0 Å². The summed E-state index contributed by atoms with van der Waals surface area (Å²) in [6, 6.07) is 4.64. The number of hydrogen-bond acceptors (Lipinski definition) is 6. The lowest BCUT2D eigenvalue weighted by atomic mass is 10.1. The van der Waals surface area contributed by atoms with Crippen LogP contribution in [0.2, 0.25) is 0 Å². The highest BCUT2D eigenvalue weighted by Gasteiger charge is 2.49. The molecule has 8 nitrogen and oxygen atoms in total. The van der Waals surface area contributed by atoms with Gasteiger partial charge in [-0.3, -0.25) is 10.1 Å². The van der Waals surface area contributed by atoms with Crippen LogP contribution in [0, 0.1) is 10.1 Å². The van der Waals surface area contributed by atoms with Gasteiger partial charge in [-0.2, -0.15) is 9.28 Å². The Morgan fingerprint density at radius 1 is 1.26 bits per heavy atom. The molecule has 1 aromatic carbocycles. The third-order valence-electron chi connectivity index (χ3n) is 3.82. The number of rotatable bonds is 6. The van der Waals surface area contributed by atoms with Crippen LogP contribution in [0.4, 0.5) is 16.2 Å². The number of non-ortho nitro benzene ring substituents is 1. The van der Waals surface area contributed by atoms with Crippen LogP contribution in [-0.4, -0.2) is 43.3 Å². The van der Waals surface area contributed by atoms with Gasteiger partial charge >= 0.3 is 12.1 Å². The molecule has 1 rings (SSSR count). The fourth-order valence-electron chi connectivity index (χ4n) is 2.50. The number of amides is 1. The lowest BCUT2D eigenvalue weighted by Crippen LogP contribution is -2.63. The maximum Gasteiger partial charge on any atom is 0.521 e. The van der Waals surface area contributed by atoms with Gasteiger partial charge in [0.05, 0.1) is 25.2 Å². The van der Waals surface area contributed by atoms with E-state index < -0.39 is 27.5 Å². The maximum absolute atomic E-state index is 12.6. The number of nitrogens with zero attached hydrogens (tertiary/aromatic N) is 2. The molecule has 2 unspecified atom stereocenters. The summed E-state index contributed by atoms with van der Waals surface area (Å²) < 4.78 is 9.47. The Balaban J connectivity index is 3.45. The number of nitro benzene ring substituents is 1. The number of methoxy groups -OCH3 is 1. The molecular weight excluding hydrogens is 304 g/mol. The Bertz CT molecular complexity index is 586. The van der Waals surface area contributed by atoms with Crippen LogP contribution in [0.5, 0.6) is 0 Å². The second-order valence-electron chi connectivity index (χ2n) is 4.86. The molecule has 0 fully saturated rings. The summed E-state index contributed by atoms with van der Waals surface area (Å²) in [4.78, 5) is 34.9. The number of ether oxygens (including phenoxy) is 2. The summed E-state index contributed by atoms with van der Waals surface area (Å²) in [6.07, 6.45) is -0.609. The van der Waals surface area contributed by atoms with Crippen LogP contribution in [0.15, 0.2) is 24.3 Å². The molecule has 1 amide bonds. The zero-order valence-electron chi connectivity index (χ0n) is 13.6. The third kappa shape index (κ3) is 3.48. The molecule has 0 aliphatic carbocycles. The molecule has 0 N–H and O–H groups in total. The van der Waals surface area contributed by atoms with Crippen LogP contribution in [0.1, 0.15) is 20.8 Å². The minimum atomic E-state index is -0.856. The van der Waals surface area contributed by atoms with Crippen molar-refractivity contribution in [3.05, 3.63) is 34.4 Å². The molecule has 0 aromatic heterocycles. The van der Waals surface area contributed by atoms with Gasteiger partial charge in [-0.25, -0.2) is 4.79 Å². The van der Waals surface area contributed by atoms with E-state index in [0.717, 1.165) is 0 Å². The van der Waals surface area contributed by atoms with E-state index in [1.54, 1.807) is 20.8 Å². The molecule has 0 spiro atoms. The molecule has 23 heavy (non-hydrogen) atoms. The highest BCUT2D eigenvalue weighted by atomic mass is 16.6. The van der Waals surface area contributed by atoms with Crippen LogP contribution in [0.25, 0.3) is 0 Å². The van der Waals surface area contributed by atoms with Crippen molar-refractivity contribution in [2.75, 3.05) is 20.3 Å². The first kappa shape index (κ1) is 18.6. The topological polar surface area (TPSA) is 95.7 Å². The third-order valence-corrected chi connectivity index (χ3v) is 3.82. The Morgan fingerprint density at radius 3 is 2.22 bits per heavy atom. The van der Waals surface area contributed by atoms with E-state index in [9.17, 15) is 19.7 Å². The van der Waals surface area contributed by atoms with Crippen molar-refractivity contribution in [3.8, 4) is 0 Å². The zero-order chi connectivity index (χ0) is 17.6. The number of carbonyl (C=O) groups is 2. The fraction of sp³-hybridized carbons (Fsp3) is 0.467. The molecular formula is C15H21N2O6+. The highest BCUT2D eigenvalue weighted by Crippen LogP contribution is 2.30. The van der Waals surface area contributed by atoms with E-state index in [1.807, 2.05) is 0 Å². The second-order valence-corrected chi connectivity index (χ2v) is 4.86. The summed E-state index contributed by atoms with van der Waals surface area (Å²) in [5.74, 6) is -0.571. The number of benzene rings is 1. The van der Waals surface area contributed by atoms with Gasteiger partial charge in [-0.1, -0.05) is 0 Å². The maximum atomic E-state index is 12.6. The van der Waals surface area contributed by atoms with Crippen LogP contribution in [0.3, 0.4) is 0 Å². The van der Waals surface area contributed by atoms with Gasteiger partial charge in [0.25, 0.3) is 5.69 Å². The van der Waals surface area contributed by atoms with Gasteiger partial charge in [0, 0.05) is 31.2 Å². The van der Waals surface area contributed by atoms with Crippen molar-refractivity contribution in [1.82, 2.24) is 4.48 Å². The summed E-state index contributed by atoms with van der Waals surface area (Å²) in [5, 5.41) is 10.8. The van der Waals surface area contributed by atoms with Crippen molar-refractivity contribution in [1.29, 1.82) is 0 Å². The average Bonchev–Trinajstić information content (AvgIpc) is 2.55. The van der Waals surface area contributed by atoms with E-state index in [2.05, 4.69) is 0 Å². The first-order valence-electron chi connectivity index (χ1n) is 7.23.